The smallest absolute Gasteiger partial charge is 0.335 e. The third kappa shape index (κ3) is 5.97. The lowest BCUT2D eigenvalue weighted by atomic mass is 10.1. The number of halogens is 2. The highest BCUT2D eigenvalue weighted by Gasteiger charge is 2.32. The van der Waals surface area contributed by atoms with E-state index in [1.807, 2.05) is 13.0 Å². The summed E-state index contributed by atoms with van der Waals surface area (Å²) in [5, 5.41) is 19.3. The number of carbonyl (C=O) groups excluding carboxylic acids is 1. The molecular formula is C27H19Cl2N3O4S. The summed E-state index contributed by atoms with van der Waals surface area (Å²) >= 11 is 14.1. The van der Waals surface area contributed by atoms with E-state index in [2.05, 4.69) is 11.1 Å². The Hall–Kier alpha value is -3.77. The molecule has 0 radical (unpaired) electrons. The van der Waals surface area contributed by atoms with E-state index in [1.165, 1.54) is 28.8 Å². The number of rotatable bonds is 7. The fourth-order valence-electron chi connectivity index (χ4n) is 3.52. The van der Waals surface area contributed by atoms with Gasteiger partial charge in [-0.15, -0.1) is 0 Å². The van der Waals surface area contributed by atoms with Crippen molar-refractivity contribution in [2.45, 2.75) is 13.5 Å². The number of hydrogen-bond donors (Lipinski definition) is 1. The summed E-state index contributed by atoms with van der Waals surface area (Å²) in [7, 11) is 0. The Morgan fingerprint density at radius 3 is 2.46 bits per heavy atom. The number of likely N-dealkylation sites (N-methyl/N-ethyl adjacent to an activating group) is 1. The highest BCUT2D eigenvalue weighted by atomic mass is 35.5. The molecule has 186 valence electrons. The molecule has 1 N–H and O–H groups in total. The minimum absolute atomic E-state index is 0.122. The molecule has 0 saturated carbocycles. The number of aliphatic imine (C=N–C) groups is 1. The Balaban J connectivity index is 1.56. The van der Waals surface area contributed by atoms with Crippen LogP contribution >= 0.6 is 35.0 Å². The highest BCUT2D eigenvalue weighted by Crippen LogP contribution is 2.38. The highest BCUT2D eigenvalue weighted by molar-refractivity contribution is 8.18. The number of carboxylic acids is 1. The summed E-state index contributed by atoms with van der Waals surface area (Å²) in [6.45, 7) is 2.37. The van der Waals surface area contributed by atoms with Crippen LogP contribution in [0, 0.1) is 11.3 Å². The number of ether oxygens (including phenoxy) is 1. The first-order chi connectivity index (χ1) is 17.8. The molecule has 0 spiro atoms. The van der Waals surface area contributed by atoms with Gasteiger partial charge in [0.25, 0.3) is 5.91 Å². The van der Waals surface area contributed by atoms with E-state index >= 15 is 0 Å². The van der Waals surface area contributed by atoms with Crippen LogP contribution in [0.15, 0.2) is 70.6 Å². The van der Waals surface area contributed by atoms with Crippen LogP contribution in [0.2, 0.25) is 10.0 Å². The van der Waals surface area contributed by atoms with Crippen LogP contribution in [0.1, 0.15) is 34.0 Å². The quantitative estimate of drug-likeness (QED) is 0.325. The summed E-state index contributed by atoms with van der Waals surface area (Å²) in [4.78, 5) is 30.6. The summed E-state index contributed by atoms with van der Waals surface area (Å²) in [5.74, 6) is -0.953. The molecule has 10 heteroatoms. The van der Waals surface area contributed by atoms with Crippen molar-refractivity contribution in [2.24, 2.45) is 4.99 Å². The van der Waals surface area contributed by atoms with Gasteiger partial charge in [0.15, 0.2) is 10.9 Å². The first-order valence-corrected chi connectivity index (χ1v) is 12.6. The van der Waals surface area contributed by atoms with Gasteiger partial charge in [0.05, 0.1) is 37.8 Å². The summed E-state index contributed by atoms with van der Waals surface area (Å²) in [5.41, 5.74) is 2.51. The lowest BCUT2D eigenvalue weighted by molar-refractivity contribution is -0.122. The number of amidine groups is 1. The van der Waals surface area contributed by atoms with Crippen molar-refractivity contribution in [2.75, 3.05) is 6.54 Å². The monoisotopic (exact) mass is 551 g/mol. The minimum Gasteiger partial charge on any atom is -0.486 e. The number of carboxylic acid groups (broad SMARTS) is 1. The third-order valence-corrected chi connectivity index (χ3v) is 6.94. The molecule has 37 heavy (non-hydrogen) atoms. The minimum atomic E-state index is -1.02. The molecule has 1 heterocycles. The molecule has 7 nitrogen and oxygen atoms in total. The molecule has 1 fully saturated rings. The Bertz CT molecular complexity index is 1460. The SMILES string of the molecule is CCN1C(=O)C(=Cc2cc(Cl)c(OCc3ccccc3C#N)c(Cl)c2)SC1=Nc1ccc(C(=O)O)cc1. The van der Waals surface area contributed by atoms with Gasteiger partial charge in [0, 0.05) is 12.1 Å². The fourth-order valence-corrected chi connectivity index (χ4v) is 5.19. The van der Waals surface area contributed by atoms with Crippen LogP contribution in [0.4, 0.5) is 5.69 Å². The van der Waals surface area contributed by atoms with E-state index < -0.39 is 5.97 Å². The van der Waals surface area contributed by atoms with Crippen molar-refractivity contribution < 1.29 is 19.4 Å². The molecule has 3 aromatic rings. The first kappa shape index (κ1) is 26.3. The molecule has 0 aliphatic carbocycles. The Labute approximate surface area is 227 Å². The summed E-state index contributed by atoms with van der Waals surface area (Å²) in [6, 6.07) is 18.6. The Morgan fingerprint density at radius 2 is 1.84 bits per heavy atom. The molecule has 3 aromatic carbocycles. The summed E-state index contributed by atoms with van der Waals surface area (Å²) in [6.07, 6.45) is 1.68. The first-order valence-electron chi connectivity index (χ1n) is 11.0. The zero-order valence-electron chi connectivity index (χ0n) is 19.4. The van der Waals surface area contributed by atoms with E-state index in [0.29, 0.717) is 39.0 Å². The van der Waals surface area contributed by atoms with Crippen LogP contribution in [0.25, 0.3) is 6.08 Å². The Morgan fingerprint density at radius 1 is 1.16 bits per heavy atom. The second-order valence-corrected chi connectivity index (χ2v) is 9.60. The van der Waals surface area contributed by atoms with Crippen LogP contribution in [-0.2, 0) is 11.4 Å². The normalized spacial score (nSPS) is 15.3. The van der Waals surface area contributed by atoms with Gasteiger partial charge in [-0.25, -0.2) is 9.79 Å². The maximum atomic E-state index is 13.0. The molecule has 1 saturated heterocycles. The van der Waals surface area contributed by atoms with Crippen molar-refractivity contribution in [3.8, 4) is 11.8 Å². The largest absolute Gasteiger partial charge is 0.486 e. The number of benzene rings is 3. The average Bonchev–Trinajstić information content (AvgIpc) is 3.17. The van der Waals surface area contributed by atoms with E-state index in [4.69, 9.17) is 33.0 Å². The number of aromatic carboxylic acids is 1. The van der Waals surface area contributed by atoms with Gasteiger partial charge >= 0.3 is 5.97 Å². The predicted octanol–water partition coefficient (Wildman–Crippen LogP) is 6.77. The molecule has 0 aromatic heterocycles. The molecule has 1 amide bonds. The van der Waals surface area contributed by atoms with Gasteiger partial charge in [-0.05, 0) is 72.8 Å². The molecular weight excluding hydrogens is 533 g/mol. The fraction of sp³-hybridized carbons (Fsp3) is 0.111. The molecule has 1 aliphatic rings. The second kappa shape index (κ2) is 11.5. The van der Waals surface area contributed by atoms with Crippen LogP contribution in [0.3, 0.4) is 0 Å². The van der Waals surface area contributed by atoms with Crippen molar-refractivity contribution in [3.63, 3.8) is 0 Å². The maximum absolute atomic E-state index is 13.0. The second-order valence-electron chi connectivity index (χ2n) is 7.78. The van der Waals surface area contributed by atoms with Gasteiger partial charge < -0.3 is 9.84 Å². The van der Waals surface area contributed by atoms with Crippen LogP contribution < -0.4 is 4.74 Å². The molecule has 0 atom stereocenters. The Kier molecular flexibility index (Phi) is 8.19. The average molecular weight is 552 g/mol. The van der Waals surface area contributed by atoms with Crippen LogP contribution in [0.5, 0.6) is 5.75 Å². The molecule has 0 unspecified atom stereocenters. The lowest BCUT2D eigenvalue weighted by Gasteiger charge is -2.12. The van der Waals surface area contributed by atoms with Crippen LogP contribution in [-0.4, -0.2) is 33.6 Å². The number of hydrogen-bond acceptors (Lipinski definition) is 6. The lowest BCUT2D eigenvalue weighted by Crippen LogP contribution is -2.28. The zero-order valence-corrected chi connectivity index (χ0v) is 21.8. The third-order valence-electron chi connectivity index (χ3n) is 5.37. The van der Waals surface area contributed by atoms with Crippen molar-refractivity contribution in [3.05, 3.63) is 97.9 Å². The van der Waals surface area contributed by atoms with Crippen molar-refractivity contribution >= 4 is 63.8 Å². The van der Waals surface area contributed by atoms with Gasteiger partial charge in [-0.2, -0.15) is 5.26 Å². The van der Waals surface area contributed by atoms with Gasteiger partial charge in [-0.1, -0.05) is 41.4 Å². The van der Waals surface area contributed by atoms with E-state index in [1.54, 1.807) is 48.5 Å². The number of nitrogens with zero attached hydrogens (tertiary/aromatic N) is 3. The van der Waals surface area contributed by atoms with Gasteiger partial charge in [-0.3, -0.25) is 9.69 Å². The topological polar surface area (TPSA) is 103 Å². The predicted molar refractivity (Wildman–Crippen MR) is 145 cm³/mol. The van der Waals surface area contributed by atoms with E-state index in [-0.39, 0.29) is 33.9 Å². The number of carbonyl (C=O) groups is 2. The van der Waals surface area contributed by atoms with E-state index in [9.17, 15) is 14.9 Å². The van der Waals surface area contributed by atoms with Crippen molar-refractivity contribution in [1.82, 2.24) is 4.90 Å². The number of thioether (sulfide) groups is 1. The standard InChI is InChI=1S/C27H19Cl2N3O4S/c1-2-32-25(33)23(37-27(32)31-20-9-7-17(8-10-20)26(34)35)13-16-11-21(28)24(22(29)12-16)36-15-19-6-4-3-5-18(19)14-30/h3-13H,2,15H2,1H3,(H,34,35). The molecule has 0 bridgehead atoms. The number of amides is 1. The van der Waals surface area contributed by atoms with Gasteiger partial charge in [0.2, 0.25) is 0 Å². The summed E-state index contributed by atoms with van der Waals surface area (Å²) < 4.78 is 5.81. The van der Waals surface area contributed by atoms with E-state index in [0.717, 1.165) is 0 Å². The zero-order chi connectivity index (χ0) is 26.5. The van der Waals surface area contributed by atoms with Gasteiger partial charge in [0.1, 0.15) is 6.61 Å². The van der Waals surface area contributed by atoms with Crippen molar-refractivity contribution in [1.29, 1.82) is 5.26 Å². The molecule has 1 aliphatic heterocycles. The maximum Gasteiger partial charge on any atom is 0.335 e. The molecule has 4 rings (SSSR count). The number of nitriles is 1.